The molecule has 0 bridgehead atoms. The Morgan fingerprint density at radius 3 is 2.76 bits per heavy atom. The summed E-state index contributed by atoms with van der Waals surface area (Å²) in [6.07, 6.45) is 2.28. The van der Waals surface area contributed by atoms with E-state index in [1.54, 1.807) is 23.5 Å². The average Bonchev–Trinajstić information content (AvgIpc) is 3.12. The third-order valence-corrected chi connectivity index (χ3v) is 4.79. The second kappa shape index (κ2) is 6.03. The highest BCUT2D eigenvalue weighted by molar-refractivity contribution is 7.09. The molecule has 3 rings (SSSR count). The summed E-state index contributed by atoms with van der Waals surface area (Å²) in [4.78, 5) is 4.68. The molecule has 1 aromatic carbocycles. The van der Waals surface area contributed by atoms with Gasteiger partial charge in [-0.25, -0.2) is 9.37 Å². The van der Waals surface area contributed by atoms with Crippen LogP contribution in [0.1, 0.15) is 54.9 Å². The molecule has 1 saturated carbocycles. The molecule has 0 spiro atoms. The van der Waals surface area contributed by atoms with Crippen LogP contribution in [-0.4, -0.2) is 11.0 Å². The first-order valence-electron chi connectivity index (χ1n) is 7.21. The van der Waals surface area contributed by atoms with Crippen LogP contribution in [0.4, 0.5) is 4.39 Å². The molecule has 2 aromatic rings. The molecule has 1 atom stereocenters. The lowest BCUT2D eigenvalue weighted by Gasteiger charge is -2.18. The van der Waals surface area contributed by atoms with Gasteiger partial charge in [-0.15, -0.1) is 11.3 Å². The number of halogens is 2. The van der Waals surface area contributed by atoms with Crippen LogP contribution < -0.4 is 5.32 Å². The van der Waals surface area contributed by atoms with Crippen molar-refractivity contribution < 1.29 is 4.39 Å². The van der Waals surface area contributed by atoms with Gasteiger partial charge in [-0.05, 0) is 37.0 Å². The molecule has 5 heteroatoms. The quantitative estimate of drug-likeness (QED) is 0.846. The summed E-state index contributed by atoms with van der Waals surface area (Å²) in [5.41, 5.74) is 1.64. The van der Waals surface area contributed by atoms with Crippen LogP contribution in [0.25, 0.3) is 0 Å². The zero-order chi connectivity index (χ0) is 15.0. The Bertz CT molecular complexity index is 637. The highest BCUT2D eigenvalue weighted by Gasteiger charge is 2.29. The fourth-order valence-corrected chi connectivity index (χ4v) is 3.45. The van der Waals surface area contributed by atoms with Gasteiger partial charge in [0, 0.05) is 22.0 Å². The summed E-state index contributed by atoms with van der Waals surface area (Å²) in [7, 11) is 0. The number of hydrogen-bond acceptors (Lipinski definition) is 3. The summed E-state index contributed by atoms with van der Waals surface area (Å²) >= 11 is 7.63. The zero-order valence-electron chi connectivity index (χ0n) is 12.1. The van der Waals surface area contributed by atoms with Crippen molar-refractivity contribution >= 4 is 22.9 Å². The number of hydrogen-bond donors (Lipinski definition) is 1. The van der Waals surface area contributed by atoms with Crippen molar-refractivity contribution in [3.05, 3.63) is 50.7 Å². The van der Waals surface area contributed by atoms with Gasteiger partial charge in [0.15, 0.2) is 0 Å². The summed E-state index contributed by atoms with van der Waals surface area (Å²) in [6, 6.07) is 4.95. The van der Waals surface area contributed by atoms with Crippen LogP contribution in [-0.2, 0) is 0 Å². The van der Waals surface area contributed by atoms with E-state index in [1.165, 1.54) is 6.07 Å². The van der Waals surface area contributed by atoms with Crippen LogP contribution in [0.2, 0.25) is 5.02 Å². The lowest BCUT2D eigenvalue weighted by Crippen LogP contribution is -2.25. The maximum Gasteiger partial charge on any atom is 0.128 e. The second-order valence-corrected chi connectivity index (χ2v) is 7.13. The lowest BCUT2D eigenvalue weighted by molar-refractivity contribution is 0.543. The topological polar surface area (TPSA) is 24.9 Å². The van der Waals surface area contributed by atoms with E-state index in [9.17, 15) is 4.39 Å². The van der Waals surface area contributed by atoms with Gasteiger partial charge in [-0.3, -0.25) is 0 Å². The molecule has 21 heavy (non-hydrogen) atoms. The van der Waals surface area contributed by atoms with E-state index in [0.717, 1.165) is 23.5 Å². The predicted molar refractivity (Wildman–Crippen MR) is 85.6 cm³/mol. The van der Waals surface area contributed by atoms with Crippen molar-refractivity contribution in [1.29, 1.82) is 0 Å². The predicted octanol–water partition coefficient (Wildman–Crippen LogP) is 4.90. The van der Waals surface area contributed by atoms with Crippen molar-refractivity contribution in [2.75, 3.05) is 0 Å². The van der Waals surface area contributed by atoms with Gasteiger partial charge in [0.2, 0.25) is 0 Å². The Kier molecular flexibility index (Phi) is 4.29. The molecule has 2 nitrogen and oxygen atoms in total. The number of benzene rings is 1. The third-order valence-electron chi connectivity index (χ3n) is 3.63. The fraction of sp³-hybridized carbons (Fsp3) is 0.438. The number of aromatic nitrogens is 1. The summed E-state index contributed by atoms with van der Waals surface area (Å²) in [5.74, 6) is 0.139. The molecule has 0 amide bonds. The molecule has 0 radical (unpaired) electrons. The van der Waals surface area contributed by atoms with Crippen molar-refractivity contribution in [3.63, 3.8) is 0 Å². The third kappa shape index (κ3) is 3.44. The molecular formula is C16H18ClFN2S. The van der Waals surface area contributed by atoms with Crippen LogP contribution in [0, 0.1) is 5.82 Å². The maximum atomic E-state index is 14.2. The minimum atomic E-state index is -0.237. The van der Waals surface area contributed by atoms with Gasteiger partial charge in [0.1, 0.15) is 10.8 Å². The SMILES string of the molecule is CC(C)c1csc(C(NC2CC2)c2cc(Cl)ccc2F)n1. The number of nitrogens with zero attached hydrogens (tertiary/aromatic N) is 1. The molecule has 112 valence electrons. The van der Waals surface area contributed by atoms with Gasteiger partial charge in [0.25, 0.3) is 0 Å². The maximum absolute atomic E-state index is 14.2. The van der Waals surface area contributed by atoms with Gasteiger partial charge >= 0.3 is 0 Å². The molecule has 0 saturated heterocycles. The van der Waals surface area contributed by atoms with E-state index in [-0.39, 0.29) is 11.9 Å². The van der Waals surface area contributed by atoms with Crippen LogP contribution >= 0.6 is 22.9 Å². The smallest absolute Gasteiger partial charge is 0.128 e. The molecule has 1 unspecified atom stereocenters. The van der Waals surface area contributed by atoms with E-state index < -0.39 is 0 Å². The zero-order valence-corrected chi connectivity index (χ0v) is 13.6. The fourth-order valence-electron chi connectivity index (χ4n) is 2.21. The number of rotatable bonds is 5. The normalized spacial score (nSPS) is 16.4. The standard InChI is InChI=1S/C16H18ClFN2S/c1-9(2)14-8-21-16(20-14)15(19-11-4-5-11)12-7-10(17)3-6-13(12)18/h3,6-9,11,15,19H,4-5H2,1-2H3. The molecule has 1 heterocycles. The molecule has 0 aliphatic heterocycles. The van der Waals surface area contributed by atoms with Crippen LogP contribution in [0.3, 0.4) is 0 Å². The monoisotopic (exact) mass is 324 g/mol. The minimum absolute atomic E-state index is 0.214. The van der Waals surface area contributed by atoms with Crippen molar-refractivity contribution in [3.8, 4) is 0 Å². The average molecular weight is 325 g/mol. The van der Waals surface area contributed by atoms with Gasteiger partial charge in [0.05, 0.1) is 11.7 Å². The number of nitrogens with one attached hydrogen (secondary N) is 1. The summed E-state index contributed by atoms with van der Waals surface area (Å²) < 4.78 is 14.2. The molecular weight excluding hydrogens is 307 g/mol. The van der Waals surface area contributed by atoms with E-state index >= 15 is 0 Å². The van der Waals surface area contributed by atoms with Crippen molar-refractivity contribution in [1.82, 2.24) is 10.3 Å². The first kappa shape index (κ1) is 14.9. The molecule has 1 aliphatic rings. The second-order valence-electron chi connectivity index (χ2n) is 5.81. The first-order valence-corrected chi connectivity index (χ1v) is 8.46. The Labute approximate surface area is 133 Å². The van der Waals surface area contributed by atoms with Crippen LogP contribution in [0.5, 0.6) is 0 Å². The Morgan fingerprint density at radius 2 is 2.14 bits per heavy atom. The molecule has 1 N–H and O–H groups in total. The largest absolute Gasteiger partial charge is 0.301 e. The number of thiazole rings is 1. The molecule has 1 aromatic heterocycles. The van der Waals surface area contributed by atoms with Gasteiger partial charge in [-0.1, -0.05) is 25.4 Å². The highest BCUT2D eigenvalue weighted by Crippen LogP contribution is 2.33. The van der Waals surface area contributed by atoms with E-state index in [0.29, 0.717) is 22.5 Å². The summed E-state index contributed by atoms with van der Waals surface area (Å²) in [6.45, 7) is 4.23. The van der Waals surface area contributed by atoms with E-state index in [2.05, 4.69) is 29.5 Å². The van der Waals surface area contributed by atoms with Crippen LogP contribution in [0.15, 0.2) is 23.6 Å². The minimum Gasteiger partial charge on any atom is -0.301 e. The Hall–Kier alpha value is -0.970. The highest BCUT2D eigenvalue weighted by atomic mass is 35.5. The van der Waals surface area contributed by atoms with Gasteiger partial charge < -0.3 is 5.32 Å². The summed E-state index contributed by atoms with van der Waals surface area (Å²) in [5, 5.41) is 7.01. The lowest BCUT2D eigenvalue weighted by atomic mass is 10.1. The molecule has 1 aliphatic carbocycles. The first-order chi connectivity index (χ1) is 10.0. The van der Waals surface area contributed by atoms with Gasteiger partial charge in [-0.2, -0.15) is 0 Å². The molecule has 1 fully saturated rings. The van der Waals surface area contributed by atoms with Crippen molar-refractivity contribution in [2.45, 2.75) is 44.7 Å². The Balaban J connectivity index is 1.97. The van der Waals surface area contributed by atoms with Crippen molar-refractivity contribution in [2.24, 2.45) is 0 Å². The van der Waals surface area contributed by atoms with E-state index in [1.807, 2.05) is 0 Å². The Morgan fingerprint density at radius 1 is 1.38 bits per heavy atom. The van der Waals surface area contributed by atoms with E-state index in [4.69, 9.17) is 11.6 Å².